The van der Waals surface area contributed by atoms with Crippen molar-refractivity contribution in [2.24, 2.45) is 0 Å². The lowest BCUT2D eigenvalue weighted by Gasteiger charge is -2.15. The quantitative estimate of drug-likeness (QED) is 0.704. The Bertz CT molecular complexity index is 984. The van der Waals surface area contributed by atoms with E-state index in [-0.39, 0.29) is 5.91 Å². The molecular weight excluding hydrogens is 366 g/mol. The maximum Gasteiger partial charge on any atom is 0.255 e. The maximum atomic E-state index is 12.5. The largest absolute Gasteiger partial charge is 0.496 e. The molecule has 3 rings (SSSR count). The Morgan fingerprint density at radius 3 is 2.85 bits per heavy atom. The van der Waals surface area contributed by atoms with Crippen molar-refractivity contribution in [1.82, 2.24) is 24.8 Å². The van der Waals surface area contributed by atoms with E-state index in [0.29, 0.717) is 34.2 Å². The molecule has 1 N–H and O–H groups in total. The molecule has 0 atom stereocenters. The van der Waals surface area contributed by atoms with Gasteiger partial charge in [0.1, 0.15) is 17.1 Å². The van der Waals surface area contributed by atoms with Crippen LogP contribution < -0.4 is 10.1 Å². The van der Waals surface area contributed by atoms with E-state index in [9.17, 15) is 4.79 Å². The number of nitrogens with one attached hydrogen (secondary N) is 1. The fourth-order valence-corrected chi connectivity index (χ4v) is 3.11. The van der Waals surface area contributed by atoms with Crippen LogP contribution in [0.15, 0.2) is 30.5 Å². The van der Waals surface area contributed by atoms with E-state index in [1.165, 1.54) is 7.11 Å². The lowest BCUT2D eigenvalue weighted by molar-refractivity contribution is 0.0948. The van der Waals surface area contributed by atoms with E-state index in [1.807, 2.05) is 42.6 Å². The van der Waals surface area contributed by atoms with Gasteiger partial charge in [0.2, 0.25) is 0 Å². The van der Waals surface area contributed by atoms with Gasteiger partial charge in [-0.2, -0.15) is 0 Å². The Balaban J connectivity index is 2.01. The van der Waals surface area contributed by atoms with Gasteiger partial charge in [0.25, 0.3) is 5.91 Å². The molecule has 0 aliphatic heterocycles. The first-order valence-electron chi connectivity index (χ1n) is 8.53. The van der Waals surface area contributed by atoms with Gasteiger partial charge in [-0.15, -0.1) is 0 Å². The highest BCUT2D eigenvalue weighted by Crippen LogP contribution is 2.32. The molecule has 0 fully saturated rings. The van der Waals surface area contributed by atoms with Crippen molar-refractivity contribution < 1.29 is 9.53 Å². The van der Waals surface area contributed by atoms with Gasteiger partial charge in [0, 0.05) is 25.4 Å². The van der Waals surface area contributed by atoms with Crippen LogP contribution in [0, 0.1) is 6.92 Å². The molecule has 3 aromatic rings. The predicted molar refractivity (Wildman–Crippen MR) is 106 cm³/mol. The summed E-state index contributed by atoms with van der Waals surface area (Å²) < 4.78 is 7.31. The van der Waals surface area contributed by atoms with E-state index in [1.54, 1.807) is 18.3 Å². The van der Waals surface area contributed by atoms with Gasteiger partial charge in [-0.25, -0.2) is 9.97 Å². The summed E-state index contributed by atoms with van der Waals surface area (Å²) in [5.41, 5.74) is 2.52. The van der Waals surface area contributed by atoms with Crippen LogP contribution in [-0.2, 0) is 0 Å². The highest BCUT2D eigenvalue weighted by molar-refractivity contribution is 6.33. The zero-order valence-corrected chi connectivity index (χ0v) is 16.5. The summed E-state index contributed by atoms with van der Waals surface area (Å²) in [6.45, 7) is 3.15. The standard InChI is InChI=1S/C19H22ClN5O2/c1-12-23-15-6-5-7-21-18(15)25(12)16-11-17(27-4)13(10-14(16)20)19(26)22-8-9-24(2)3/h5-7,10-11H,8-9H2,1-4H3,(H,22,26). The third-order valence-electron chi connectivity index (χ3n) is 4.18. The Morgan fingerprint density at radius 1 is 1.37 bits per heavy atom. The van der Waals surface area contributed by atoms with E-state index in [2.05, 4.69) is 15.3 Å². The molecule has 2 aromatic heterocycles. The van der Waals surface area contributed by atoms with Gasteiger partial charge in [0.05, 0.1) is 23.4 Å². The monoisotopic (exact) mass is 387 g/mol. The Morgan fingerprint density at radius 2 is 2.15 bits per heavy atom. The molecule has 8 heteroatoms. The number of aromatic nitrogens is 3. The molecule has 0 saturated heterocycles. The van der Waals surface area contributed by atoms with Gasteiger partial charge in [0.15, 0.2) is 5.65 Å². The summed E-state index contributed by atoms with van der Waals surface area (Å²) in [6.07, 6.45) is 1.71. The van der Waals surface area contributed by atoms with Crippen LogP contribution in [0.1, 0.15) is 16.2 Å². The topological polar surface area (TPSA) is 72.3 Å². The van der Waals surface area contributed by atoms with Crippen molar-refractivity contribution in [2.45, 2.75) is 6.92 Å². The molecule has 0 bridgehead atoms. The van der Waals surface area contributed by atoms with Crippen molar-refractivity contribution >= 4 is 28.7 Å². The Labute approximate surface area is 162 Å². The minimum absolute atomic E-state index is 0.229. The lowest BCUT2D eigenvalue weighted by Crippen LogP contribution is -2.31. The first-order valence-corrected chi connectivity index (χ1v) is 8.91. The molecule has 1 amide bonds. The van der Waals surface area contributed by atoms with Gasteiger partial charge in [-0.1, -0.05) is 11.6 Å². The van der Waals surface area contributed by atoms with Crippen LogP contribution in [0.2, 0.25) is 5.02 Å². The third kappa shape index (κ3) is 3.89. The number of imidazole rings is 1. The molecule has 0 aliphatic rings. The number of methoxy groups -OCH3 is 1. The molecule has 0 radical (unpaired) electrons. The number of likely N-dealkylation sites (N-methyl/N-ethyl adjacent to an activating group) is 1. The maximum absolute atomic E-state index is 12.5. The first kappa shape index (κ1) is 19.1. The molecule has 2 heterocycles. The molecule has 7 nitrogen and oxygen atoms in total. The van der Waals surface area contributed by atoms with Gasteiger partial charge in [-0.05, 0) is 39.2 Å². The zero-order valence-electron chi connectivity index (χ0n) is 15.8. The number of rotatable bonds is 6. The number of aryl methyl sites for hydroxylation is 1. The lowest BCUT2D eigenvalue weighted by atomic mass is 10.1. The minimum atomic E-state index is -0.229. The number of nitrogens with zero attached hydrogens (tertiary/aromatic N) is 4. The summed E-state index contributed by atoms with van der Waals surface area (Å²) in [7, 11) is 5.43. The number of carbonyl (C=O) groups is 1. The summed E-state index contributed by atoms with van der Waals surface area (Å²) >= 11 is 6.53. The molecule has 142 valence electrons. The summed E-state index contributed by atoms with van der Waals surface area (Å²) in [4.78, 5) is 23.5. The number of halogens is 1. The molecule has 0 spiro atoms. The summed E-state index contributed by atoms with van der Waals surface area (Å²) in [6, 6.07) is 7.09. The zero-order chi connectivity index (χ0) is 19.6. The molecule has 0 saturated carbocycles. The number of pyridine rings is 1. The van der Waals surface area contributed by atoms with E-state index in [4.69, 9.17) is 16.3 Å². The third-order valence-corrected chi connectivity index (χ3v) is 4.49. The van der Waals surface area contributed by atoms with Crippen LogP contribution in [0.5, 0.6) is 5.75 Å². The minimum Gasteiger partial charge on any atom is -0.496 e. The highest BCUT2D eigenvalue weighted by atomic mass is 35.5. The number of hydrogen-bond donors (Lipinski definition) is 1. The number of fused-ring (bicyclic) bond motifs is 1. The number of benzene rings is 1. The fourth-order valence-electron chi connectivity index (χ4n) is 2.86. The van der Waals surface area contributed by atoms with Crippen molar-refractivity contribution in [3.8, 4) is 11.4 Å². The highest BCUT2D eigenvalue weighted by Gasteiger charge is 2.19. The predicted octanol–water partition coefficient (Wildman–Crippen LogP) is 2.68. The van der Waals surface area contributed by atoms with Crippen molar-refractivity contribution in [3.05, 3.63) is 46.9 Å². The molecule has 0 aliphatic carbocycles. The van der Waals surface area contributed by atoms with E-state index >= 15 is 0 Å². The van der Waals surface area contributed by atoms with E-state index < -0.39 is 0 Å². The molecule has 27 heavy (non-hydrogen) atoms. The van der Waals surface area contributed by atoms with Crippen molar-refractivity contribution in [3.63, 3.8) is 0 Å². The van der Waals surface area contributed by atoms with Crippen molar-refractivity contribution in [1.29, 1.82) is 0 Å². The SMILES string of the molecule is COc1cc(-n2c(C)nc3cccnc32)c(Cl)cc1C(=O)NCCN(C)C. The fraction of sp³-hybridized carbons (Fsp3) is 0.316. The number of amides is 1. The first-order chi connectivity index (χ1) is 12.9. The Hall–Kier alpha value is -2.64. The van der Waals surface area contributed by atoms with Crippen LogP contribution in [0.3, 0.4) is 0 Å². The second-order valence-electron chi connectivity index (χ2n) is 6.40. The second-order valence-corrected chi connectivity index (χ2v) is 6.81. The molecular formula is C19H22ClN5O2. The average Bonchev–Trinajstić information content (AvgIpc) is 2.96. The summed E-state index contributed by atoms with van der Waals surface area (Å²) in [5, 5.41) is 3.29. The van der Waals surface area contributed by atoms with Gasteiger partial charge < -0.3 is 15.0 Å². The second kappa shape index (κ2) is 7.94. The van der Waals surface area contributed by atoms with Gasteiger partial charge >= 0.3 is 0 Å². The molecule has 0 unspecified atom stereocenters. The van der Waals surface area contributed by atoms with Crippen molar-refractivity contribution in [2.75, 3.05) is 34.3 Å². The molecule has 1 aromatic carbocycles. The number of carbonyl (C=O) groups excluding carboxylic acids is 1. The number of ether oxygens (including phenoxy) is 1. The normalized spacial score (nSPS) is 11.2. The van der Waals surface area contributed by atoms with Crippen LogP contribution in [0.4, 0.5) is 0 Å². The van der Waals surface area contributed by atoms with Crippen LogP contribution in [-0.4, -0.2) is 59.6 Å². The summed E-state index contributed by atoms with van der Waals surface area (Å²) in [5.74, 6) is 0.956. The van der Waals surface area contributed by atoms with Gasteiger partial charge in [-0.3, -0.25) is 9.36 Å². The van der Waals surface area contributed by atoms with Crippen LogP contribution >= 0.6 is 11.6 Å². The van der Waals surface area contributed by atoms with E-state index in [0.717, 1.165) is 17.9 Å². The Kier molecular flexibility index (Phi) is 5.62. The average molecular weight is 388 g/mol. The van der Waals surface area contributed by atoms with Crippen LogP contribution in [0.25, 0.3) is 16.9 Å². The number of hydrogen-bond acceptors (Lipinski definition) is 5. The smallest absolute Gasteiger partial charge is 0.255 e.